The van der Waals surface area contributed by atoms with E-state index in [2.05, 4.69) is 15.1 Å². The summed E-state index contributed by atoms with van der Waals surface area (Å²) in [5.74, 6) is 0. The number of fused-ring (bicyclic) bond motifs is 1. The lowest BCUT2D eigenvalue weighted by atomic mass is 10.1. The van der Waals surface area contributed by atoms with E-state index in [-0.39, 0.29) is 12.2 Å². The first-order valence-corrected chi connectivity index (χ1v) is 8.76. The quantitative estimate of drug-likeness (QED) is 0.590. The molecule has 4 rings (SSSR count). The second-order valence-electron chi connectivity index (χ2n) is 5.92. The van der Waals surface area contributed by atoms with Gasteiger partial charge in [-0.15, -0.1) is 0 Å². The number of nitrogens with zero attached hydrogens (tertiary/aromatic N) is 4. The molecule has 4 aromatic rings. The molecule has 0 atom stereocenters. The van der Waals surface area contributed by atoms with E-state index >= 15 is 0 Å². The molecule has 7 heteroatoms. The predicted molar refractivity (Wildman–Crippen MR) is 104 cm³/mol. The van der Waals surface area contributed by atoms with E-state index in [0.717, 1.165) is 5.56 Å². The molecule has 0 spiro atoms. The molecule has 27 heavy (non-hydrogen) atoms. The van der Waals surface area contributed by atoms with Crippen LogP contribution in [0.2, 0.25) is 5.02 Å². The van der Waals surface area contributed by atoms with Gasteiger partial charge >= 0.3 is 0 Å². The molecule has 134 valence electrons. The lowest BCUT2D eigenvalue weighted by molar-refractivity contribution is 0.298. The average Bonchev–Trinajstić information content (AvgIpc) is 2.69. The summed E-state index contributed by atoms with van der Waals surface area (Å²) in [6, 6.07) is 14.2. The zero-order valence-electron chi connectivity index (χ0n) is 14.2. The van der Waals surface area contributed by atoms with Crippen LogP contribution in [0.15, 0.2) is 65.7 Å². The Morgan fingerprint density at radius 1 is 1.04 bits per heavy atom. The monoisotopic (exact) mass is 378 g/mol. The van der Waals surface area contributed by atoms with E-state index in [0.29, 0.717) is 39.4 Å². The van der Waals surface area contributed by atoms with Crippen LogP contribution in [0, 0.1) is 0 Å². The zero-order valence-corrected chi connectivity index (χ0v) is 15.0. The molecule has 3 aromatic heterocycles. The number of aromatic nitrogens is 4. The van der Waals surface area contributed by atoms with Gasteiger partial charge in [0.05, 0.1) is 16.8 Å². The summed E-state index contributed by atoms with van der Waals surface area (Å²) < 4.78 is 1.32. The SMILES string of the molecule is O=c1c2cccnc2c(-c2cccc(Cl)c2)nn1-c1cccnc1CCO. The van der Waals surface area contributed by atoms with Crippen LogP contribution in [0.5, 0.6) is 0 Å². The van der Waals surface area contributed by atoms with Gasteiger partial charge in [0.15, 0.2) is 0 Å². The van der Waals surface area contributed by atoms with Crippen LogP contribution < -0.4 is 5.56 Å². The highest BCUT2D eigenvalue weighted by Gasteiger charge is 2.16. The van der Waals surface area contributed by atoms with Gasteiger partial charge < -0.3 is 5.11 Å². The van der Waals surface area contributed by atoms with Crippen LogP contribution in [-0.4, -0.2) is 31.5 Å². The highest BCUT2D eigenvalue weighted by Crippen LogP contribution is 2.26. The van der Waals surface area contributed by atoms with Gasteiger partial charge in [-0.1, -0.05) is 23.7 Å². The maximum atomic E-state index is 13.1. The topological polar surface area (TPSA) is 80.9 Å². The van der Waals surface area contributed by atoms with Crippen LogP contribution in [0.1, 0.15) is 5.69 Å². The normalized spacial score (nSPS) is 11.0. The highest BCUT2D eigenvalue weighted by atomic mass is 35.5. The zero-order chi connectivity index (χ0) is 18.8. The Labute approximate surface area is 159 Å². The molecule has 0 bridgehead atoms. The van der Waals surface area contributed by atoms with Crippen LogP contribution in [0.4, 0.5) is 0 Å². The summed E-state index contributed by atoms with van der Waals surface area (Å²) in [7, 11) is 0. The number of aliphatic hydroxyl groups excluding tert-OH is 1. The molecule has 3 heterocycles. The Kier molecular flexibility index (Phi) is 4.66. The molecule has 0 aliphatic carbocycles. The molecule has 0 aliphatic heterocycles. The highest BCUT2D eigenvalue weighted by molar-refractivity contribution is 6.30. The number of pyridine rings is 2. The third-order valence-electron chi connectivity index (χ3n) is 4.20. The Morgan fingerprint density at radius 3 is 2.67 bits per heavy atom. The van der Waals surface area contributed by atoms with Crippen molar-refractivity contribution in [3.63, 3.8) is 0 Å². The van der Waals surface area contributed by atoms with Gasteiger partial charge in [0, 0.05) is 36.0 Å². The molecule has 0 radical (unpaired) electrons. The number of hydrogen-bond acceptors (Lipinski definition) is 5. The minimum atomic E-state index is -0.295. The maximum absolute atomic E-state index is 13.1. The summed E-state index contributed by atoms with van der Waals surface area (Å²) in [6.45, 7) is -0.0744. The Hall–Kier alpha value is -3.09. The Bertz CT molecular complexity index is 1190. The molecule has 6 nitrogen and oxygen atoms in total. The lowest BCUT2D eigenvalue weighted by Gasteiger charge is -2.13. The molecule has 0 unspecified atom stereocenters. The molecule has 0 amide bonds. The van der Waals surface area contributed by atoms with Crippen molar-refractivity contribution in [2.75, 3.05) is 6.61 Å². The summed E-state index contributed by atoms with van der Waals surface area (Å²) in [6.07, 6.45) is 3.57. The molecule has 0 saturated heterocycles. The Morgan fingerprint density at radius 2 is 1.85 bits per heavy atom. The second-order valence-corrected chi connectivity index (χ2v) is 6.35. The lowest BCUT2D eigenvalue weighted by Crippen LogP contribution is -2.24. The van der Waals surface area contributed by atoms with Crippen molar-refractivity contribution in [2.45, 2.75) is 6.42 Å². The van der Waals surface area contributed by atoms with E-state index in [4.69, 9.17) is 11.6 Å². The molecule has 1 N–H and O–H groups in total. The van der Waals surface area contributed by atoms with Crippen LogP contribution in [-0.2, 0) is 6.42 Å². The number of hydrogen-bond donors (Lipinski definition) is 1. The van der Waals surface area contributed by atoms with Crippen molar-refractivity contribution < 1.29 is 5.11 Å². The second kappa shape index (κ2) is 7.26. The van der Waals surface area contributed by atoms with Gasteiger partial charge in [-0.3, -0.25) is 14.8 Å². The van der Waals surface area contributed by atoms with Gasteiger partial charge in [-0.25, -0.2) is 0 Å². The number of benzene rings is 1. The van der Waals surface area contributed by atoms with E-state index in [1.807, 2.05) is 12.1 Å². The van der Waals surface area contributed by atoms with Crippen molar-refractivity contribution in [3.8, 4) is 16.9 Å². The molecular formula is C20H15ClN4O2. The van der Waals surface area contributed by atoms with E-state index < -0.39 is 0 Å². The summed E-state index contributed by atoms with van der Waals surface area (Å²) in [5.41, 5.74) is 2.64. The smallest absolute Gasteiger partial charge is 0.281 e. The van der Waals surface area contributed by atoms with Crippen molar-refractivity contribution in [1.82, 2.24) is 19.7 Å². The minimum absolute atomic E-state index is 0.0744. The van der Waals surface area contributed by atoms with Gasteiger partial charge in [0.25, 0.3) is 5.56 Å². The van der Waals surface area contributed by atoms with E-state index in [1.54, 1.807) is 48.8 Å². The van der Waals surface area contributed by atoms with Crippen molar-refractivity contribution in [2.24, 2.45) is 0 Å². The fourth-order valence-electron chi connectivity index (χ4n) is 2.99. The first kappa shape index (κ1) is 17.3. The molecule has 0 saturated carbocycles. The summed E-state index contributed by atoms with van der Waals surface area (Å²) in [5, 5.41) is 14.9. The first-order valence-electron chi connectivity index (χ1n) is 8.38. The maximum Gasteiger partial charge on any atom is 0.281 e. The van der Waals surface area contributed by atoms with Crippen LogP contribution in [0.25, 0.3) is 27.8 Å². The summed E-state index contributed by atoms with van der Waals surface area (Å²) in [4.78, 5) is 21.7. The minimum Gasteiger partial charge on any atom is -0.396 e. The van der Waals surface area contributed by atoms with Crippen LogP contribution >= 0.6 is 11.6 Å². The van der Waals surface area contributed by atoms with E-state index in [1.165, 1.54) is 4.68 Å². The fourth-order valence-corrected chi connectivity index (χ4v) is 3.18. The standard InChI is InChI=1S/C20H15ClN4O2/c21-14-5-1-4-13(12-14)18-19-15(6-2-10-23-19)20(27)25(24-18)17-7-3-9-22-16(17)8-11-26/h1-7,9-10,12,26H,8,11H2. The predicted octanol–water partition coefficient (Wildman–Crippen LogP) is 3.03. The molecule has 0 aliphatic rings. The third kappa shape index (κ3) is 3.20. The number of aliphatic hydroxyl groups is 1. The van der Waals surface area contributed by atoms with E-state index in [9.17, 15) is 9.90 Å². The molecule has 1 aromatic carbocycles. The van der Waals surface area contributed by atoms with Gasteiger partial charge in [-0.05, 0) is 36.4 Å². The average molecular weight is 379 g/mol. The van der Waals surface area contributed by atoms with Crippen molar-refractivity contribution >= 4 is 22.5 Å². The van der Waals surface area contributed by atoms with Gasteiger partial charge in [0.2, 0.25) is 0 Å². The third-order valence-corrected chi connectivity index (χ3v) is 4.43. The number of halogens is 1. The van der Waals surface area contributed by atoms with Gasteiger partial charge in [0.1, 0.15) is 11.2 Å². The van der Waals surface area contributed by atoms with Crippen LogP contribution in [0.3, 0.4) is 0 Å². The summed E-state index contributed by atoms with van der Waals surface area (Å²) >= 11 is 6.15. The van der Waals surface area contributed by atoms with Crippen molar-refractivity contribution in [3.05, 3.63) is 82.0 Å². The largest absolute Gasteiger partial charge is 0.396 e. The molecular weight excluding hydrogens is 364 g/mol. The fraction of sp³-hybridized carbons (Fsp3) is 0.100. The first-order chi connectivity index (χ1) is 13.2. The Balaban J connectivity index is 2.07. The number of rotatable bonds is 4. The van der Waals surface area contributed by atoms with Gasteiger partial charge in [-0.2, -0.15) is 9.78 Å². The van der Waals surface area contributed by atoms with Crippen molar-refractivity contribution in [1.29, 1.82) is 0 Å². The molecule has 0 fully saturated rings.